The number of aromatic carboxylic acids is 1. The smallest absolute Gasteiger partial charge is 0.358 e. The molecule has 0 spiro atoms. The lowest BCUT2D eigenvalue weighted by atomic mass is 10.3. The fourth-order valence-electron chi connectivity index (χ4n) is 0.960. The van der Waals surface area contributed by atoms with Gasteiger partial charge in [0.1, 0.15) is 12.4 Å². The van der Waals surface area contributed by atoms with Crippen molar-refractivity contribution in [2.24, 2.45) is 0 Å². The van der Waals surface area contributed by atoms with Crippen LogP contribution in [0.15, 0.2) is 10.8 Å². The minimum absolute atomic E-state index is 0.0280. The summed E-state index contributed by atoms with van der Waals surface area (Å²) in [6.45, 7) is -0.698. The number of carboxylic acid groups (broad SMARTS) is 1. The second-order valence-corrected chi connectivity index (χ2v) is 2.65. The Balaban J connectivity index is 2.37. The van der Waals surface area contributed by atoms with E-state index in [0.29, 0.717) is 0 Å². The number of aromatic nitrogens is 1. The van der Waals surface area contributed by atoms with E-state index in [1.807, 2.05) is 0 Å². The Morgan fingerprint density at radius 1 is 1.67 bits per heavy atom. The topological polar surface area (TPSA) is 72.6 Å². The van der Waals surface area contributed by atoms with Crippen LogP contribution in [0.25, 0.3) is 0 Å². The van der Waals surface area contributed by atoms with E-state index in [2.05, 4.69) is 9.72 Å². The third-order valence-corrected chi connectivity index (χ3v) is 1.56. The van der Waals surface area contributed by atoms with Crippen molar-refractivity contribution in [2.45, 2.75) is 12.8 Å². The molecule has 0 bridgehead atoms. The molecule has 1 heterocycles. The van der Waals surface area contributed by atoms with Gasteiger partial charge in [-0.15, -0.1) is 0 Å². The molecular formula is C8H9F2NO4. The number of carbonyl (C=O) groups is 1. The summed E-state index contributed by atoms with van der Waals surface area (Å²) in [7, 11) is 0. The van der Waals surface area contributed by atoms with Gasteiger partial charge in [0.2, 0.25) is 0 Å². The van der Waals surface area contributed by atoms with E-state index >= 15 is 0 Å². The van der Waals surface area contributed by atoms with E-state index in [1.54, 1.807) is 0 Å². The molecule has 0 unspecified atom stereocenters. The van der Waals surface area contributed by atoms with Crippen molar-refractivity contribution in [1.82, 2.24) is 4.98 Å². The average Bonchev–Trinajstić information content (AvgIpc) is 2.60. The first-order valence-electron chi connectivity index (χ1n) is 4.12. The molecule has 0 aliphatic rings. The maximum absolute atomic E-state index is 11.7. The van der Waals surface area contributed by atoms with Crippen LogP contribution in [0.3, 0.4) is 0 Å². The number of rotatable bonds is 6. The summed E-state index contributed by atoms with van der Waals surface area (Å²) in [6.07, 6.45) is -1.43. The predicted octanol–water partition coefficient (Wildman–Crippen LogP) is 1.20. The Morgan fingerprint density at radius 3 is 3.00 bits per heavy atom. The van der Waals surface area contributed by atoms with Crippen molar-refractivity contribution in [3.8, 4) is 0 Å². The van der Waals surface area contributed by atoms with Crippen LogP contribution in [0.1, 0.15) is 16.2 Å². The first kappa shape index (κ1) is 11.6. The predicted molar refractivity (Wildman–Crippen MR) is 44.0 cm³/mol. The second-order valence-electron chi connectivity index (χ2n) is 2.65. The zero-order valence-electron chi connectivity index (χ0n) is 7.65. The second kappa shape index (κ2) is 5.40. The number of carboxylic acids is 1. The van der Waals surface area contributed by atoms with Crippen LogP contribution in [0.5, 0.6) is 0 Å². The summed E-state index contributed by atoms with van der Waals surface area (Å²) in [4.78, 5) is 14.0. The molecule has 1 aromatic rings. The number of oxazole rings is 1. The van der Waals surface area contributed by atoms with Crippen molar-refractivity contribution in [1.29, 1.82) is 0 Å². The molecule has 7 heteroatoms. The molecule has 15 heavy (non-hydrogen) atoms. The van der Waals surface area contributed by atoms with Crippen molar-refractivity contribution in [3.63, 3.8) is 0 Å². The van der Waals surface area contributed by atoms with Crippen LogP contribution in [0.2, 0.25) is 0 Å². The summed E-state index contributed by atoms with van der Waals surface area (Å²) in [6, 6.07) is 0. The maximum atomic E-state index is 11.7. The summed E-state index contributed by atoms with van der Waals surface area (Å²) in [5, 5.41) is 8.62. The molecule has 84 valence electrons. The van der Waals surface area contributed by atoms with Gasteiger partial charge in [-0.2, -0.15) is 0 Å². The molecule has 0 amide bonds. The summed E-state index contributed by atoms with van der Waals surface area (Å²) >= 11 is 0. The summed E-state index contributed by atoms with van der Waals surface area (Å²) in [5.74, 6) is -1.09. The van der Waals surface area contributed by atoms with Crippen LogP contribution in [0.4, 0.5) is 8.78 Å². The van der Waals surface area contributed by atoms with Gasteiger partial charge in [0.15, 0.2) is 12.1 Å². The molecule has 0 atom stereocenters. The Labute approximate surface area is 83.7 Å². The van der Waals surface area contributed by atoms with Gasteiger partial charge in [-0.1, -0.05) is 0 Å². The molecule has 0 radical (unpaired) electrons. The Kier molecular flexibility index (Phi) is 4.17. The summed E-state index contributed by atoms with van der Waals surface area (Å²) in [5.41, 5.74) is -0.212. The van der Waals surface area contributed by atoms with Gasteiger partial charge in [-0.3, -0.25) is 0 Å². The highest BCUT2D eigenvalue weighted by Crippen LogP contribution is 2.07. The van der Waals surface area contributed by atoms with E-state index in [1.165, 1.54) is 0 Å². The van der Waals surface area contributed by atoms with E-state index in [0.717, 1.165) is 6.39 Å². The third-order valence-electron chi connectivity index (χ3n) is 1.56. The Hall–Kier alpha value is -1.50. The lowest BCUT2D eigenvalue weighted by Crippen LogP contribution is -2.08. The molecule has 0 saturated carbocycles. The van der Waals surface area contributed by atoms with Gasteiger partial charge in [0, 0.05) is 6.42 Å². The highest BCUT2D eigenvalue weighted by Gasteiger charge is 2.15. The molecule has 5 nitrogen and oxygen atoms in total. The molecule has 0 fully saturated rings. The van der Waals surface area contributed by atoms with Crippen molar-refractivity contribution in [3.05, 3.63) is 17.8 Å². The minimum atomic E-state index is -2.53. The maximum Gasteiger partial charge on any atom is 0.358 e. The number of hydrogen-bond donors (Lipinski definition) is 1. The number of hydrogen-bond acceptors (Lipinski definition) is 4. The number of halogens is 2. The molecule has 0 aliphatic carbocycles. The van der Waals surface area contributed by atoms with Gasteiger partial charge in [-0.25, -0.2) is 18.6 Å². The monoisotopic (exact) mass is 221 g/mol. The van der Waals surface area contributed by atoms with Crippen LogP contribution in [0, 0.1) is 0 Å². The minimum Gasteiger partial charge on any atom is -0.476 e. The van der Waals surface area contributed by atoms with Crippen molar-refractivity contribution < 1.29 is 27.8 Å². The Bertz CT molecular complexity index is 326. The van der Waals surface area contributed by atoms with E-state index in [-0.39, 0.29) is 24.5 Å². The number of nitrogens with zero attached hydrogens (tertiary/aromatic N) is 1. The highest BCUT2D eigenvalue weighted by atomic mass is 19.3. The van der Waals surface area contributed by atoms with Crippen LogP contribution in [-0.2, 0) is 11.2 Å². The third kappa shape index (κ3) is 3.62. The molecule has 1 rings (SSSR count). The highest BCUT2D eigenvalue weighted by molar-refractivity contribution is 5.86. The quantitative estimate of drug-likeness (QED) is 0.730. The van der Waals surface area contributed by atoms with E-state index < -0.39 is 19.0 Å². The zero-order valence-corrected chi connectivity index (χ0v) is 7.65. The summed E-state index contributed by atoms with van der Waals surface area (Å²) < 4.78 is 32.7. The van der Waals surface area contributed by atoms with E-state index in [4.69, 9.17) is 9.52 Å². The molecule has 0 aromatic carbocycles. The molecule has 1 aromatic heterocycles. The normalized spacial score (nSPS) is 10.9. The van der Waals surface area contributed by atoms with Gasteiger partial charge in [0.05, 0.1) is 6.61 Å². The van der Waals surface area contributed by atoms with Crippen LogP contribution < -0.4 is 0 Å². The fraction of sp³-hybridized carbons (Fsp3) is 0.500. The lowest BCUT2D eigenvalue weighted by Gasteiger charge is -2.01. The number of ether oxygens (including phenoxy) is 1. The molecule has 1 N–H and O–H groups in total. The largest absolute Gasteiger partial charge is 0.476 e. The molecule has 0 aliphatic heterocycles. The van der Waals surface area contributed by atoms with Gasteiger partial charge < -0.3 is 14.3 Å². The van der Waals surface area contributed by atoms with Gasteiger partial charge in [0.25, 0.3) is 6.43 Å². The lowest BCUT2D eigenvalue weighted by molar-refractivity contribution is 0.0175. The van der Waals surface area contributed by atoms with Crippen LogP contribution in [-0.4, -0.2) is 35.7 Å². The zero-order chi connectivity index (χ0) is 11.3. The van der Waals surface area contributed by atoms with E-state index in [9.17, 15) is 13.6 Å². The number of alkyl halides is 2. The van der Waals surface area contributed by atoms with Crippen molar-refractivity contribution >= 4 is 5.97 Å². The average molecular weight is 221 g/mol. The van der Waals surface area contributed by atoms with Crippen LogP contribution >= 0.6 is 0 Å². The Morgan fingerprint density at radius 2 is 2.40 bits per heavy atom. The van der Waals surface area contributed by atoms with Gasteiger partial charge >= 0.3 is 5.97 Å². The van der Waals surface area contributed by atoms with Crippen molar-refractivity contribution in [2.75, 3.05) is 13.2 Å². The SMILES string of the molecule is O=C(O)c1ncoc1CCOCC(F)F. The first-order valence-corrected chi connectivity index (χ1v) is 4.12. The fourth-order valence-corrected chi connectivity index (χ4v) is 0.960. The molecule has 0 saturated heterocycles. The van der Waals surface area contributed by atoms with Gasteiger partial charge in [-0.05, 0) is 0 Å². The molecular weight excluding hydrogens is 212 g/mol. The standard InChI is InChI=1S/C8H9F2NO4/c9-6(10)3-14-2-1-5-7(8(12)13)11-4-15-5/h4,6H,1-3H2,(H,12,13). The first-order chi connectivity index (χ1) is 7.11.